The highest BCUT2D eigenvalue weighted by Crippen LogP contribution is 2.37. The number of rotatable bonds is 6. The van der Waals surface area contributed by atoms with Gasteiger partial charge in [-0.3, -0.25) is 0 Å². The van der Waals surface area contributed by atoms with Crippen molar-refractivity contribution in [1.82, 2.24) is 0 Å². The van der Waals surface area contributed by atoms with Crippen molar-refractivity contribution < 1.29 is 4.39 Å². The molecule has 1 saturated carbocycles. The summed E-state index contributed by atoms with van der Waals surface area (Å²) in [5, 5.41) is 0. The highest BCUT2D eigenvalue weighted by atomic mass is 19.1. The van der Waals surface area contributed by atoms with Crippen LogP contribution in [0.3, 0.4) is 0 Å². The Balaban J connectivity index is 2.33. The van der Waals surface area contributed by atoms with Crippen molar-refractivity contribution in [2.24, 2.45) is 5.73 Å². The van der Waals surface area contributed by atoms with Crippen molar-refractivity contribution in [3.05, 3.63) is 29.6 Å². The molecule has 1 aromatic carbocycles. The molecule has 2 rings (SSSR count). The number of anilines is 1. The molecule has 0 aliphatic heterocycles. The molecule has 1 aliphatic rings. The summed E-state index contributed by atoms with van der Waals surface area (Å²) in [6, 6.07) is 5.64. The van der Waals surface area contributed by atoms with Gasteiger partial charge in [0.25, 0.3) is 0 Å². The number of hydrogen-bond donors (Lipinski definition) is 1. The molecule has 0 radical (unpaired) electrons. The van der Waals surface area contributed by atoms with E-state index in [0.29, 0.717) is 6.04 Å². The third kappa shape index (κ3) is 2.83. The van der Waals surface area contributed by atoms with Crippen LogP contribution >= 0.6 is 0 Å². The highest BCUT2D eigenvalue weighted by molar-refractivity contribution is 5.57. The number of para-hydroxylation sites is 1. The van der Waals surface area contributed by atoms with E-state index in [1.807, 2.05) is 13.0 Å². The molecule has 0 aromatic heterocycles. The average Bonchev–Trinajstić information content (AvgIpc) is 3.15. The number of hydrogen-bond acceptors (Lipinski definition) is 2. The number of benzene rings is 1. The van der Waals surface area contributed by atoms with Gasteiger partial charge in [0, 0.05) is 18.6 Å². The second kappa shape index (κ2) is 5.70. The fraction of sp³-hybridized carbons (Fsp3) is 0.600. The van der Waals surface area contributed by atoms with Crippen LogP contribution in [-0.2, 0) is 0 Å². The summed E-state index contributed by atoms with van der Waals surface area (Å²) in [5.41, 5.74) is 7.65. The monoisotopic (exact) mass is 250 g/mol. The molecule has 1 atom stereocenters. The second-order valence-electron chi connectivity index (χ2n) is 5.24. The fourth-order valence-electron chi connectivity index (χ4n) is 2.39. The van der Waals surface area contributed by atoms with E-state index in [1.54, 1.807) is 12.1 Å². The lowest BCUT2D eigenvalue weighted by Gasteiger charge is -2.28. The van der Waals surface area contributed by atoms with Gasteiger partial charge in [0.15, 0.2) is 0 Å². The van der Waals surface area contributed by atoms with Crippen molar-refractivity contribution >= 4 is 5.69 Å². The lowest BCUT2D eigenvalue weighted by molar-refractivity contribution is 0.602. The van der Waals surface area contributed by atoms with Gasteiger partial charge in [-0.25, -0.2) is 4.39 Å². The Labute approximate surface area is 109 Å². The van der Waals surface area contributed by atoms with E-state index in [2.05, 4.69) is 11.8 Å². The largest absolute Gasteiger partial charge is 0.366 e. The molecule has 100 valence electrons. The van der Waals surface area contributed by atoms with Crippen LogP contribution in [0.1, 0.15) is 51.1 Å². The Kier molecular flexibility index (Phi) is 4.23. The van der Waals surface area contributed by atoms with Gasteiger partial charge in [0.2, 0.25) is 0 Å². The van der Waals surface area contributed by atoms with Crippen LogP contribution < -0.4 is 10.6 Å². The molecular weight excluding hydrogens is 227 g/mol. The summed E-state index contributed by atoms with van der Waals surface area (Å²) >= 11 is 0. The molecule has 0 bridgehead atoms. The zero-order chi connectivity index (χ0) is 13.1. The highest BCUT2D eigenvalue weighted by Gasteiger charge is 2.31. The van der Waals surface area contributed by atoms with Crippen molar-refractivity contribution in [3.8, 4) is 0 Å². The number of unbranched alkanes of at least 4 members (excludes halogenated alkanes) is 1. The van der Waals surface area contributed by atoms with Gasteiger partial charge in [-0.2, -0.15) is 0 Å². The molecule has 1 aromatic rings. The van der Waals surface area contributed by atoms with Crippen molar-refractivity contribution in [3.63, 3.8) is 0 Å². The van der Waals surface area contributed by atoms with E-state index in [0.717, 1.165) is 30.6 Å². The Morgan fingerprint density at radius 3 is 2.72 bits per heavy atom. The van der Waals surface area contributed by atoms with Gasteiger partial charge >= 0.3 is 0 Å². The van der Waals surface area contributed by atoms with E-state index in [4.69, 9.17) is 5.73 Å². The van der Waals surface area contributed by atoms with Crippen molar-refractivity contribution in [2.45, 2.75) is 51.6 Å². The predicted molar refractivity (Wildman–Crippen MR) is 74.3 cm³/mol. The number of nitrogens with zero attached hydrogens (tertiary/aromatic N) is 1. The molecular formula is C15H23FN2. The van der Waals surface area contributed by atoms with E-state index in [1.165, 1.54) is 12.8 Å². The van der Waals surface area contributed by atoms with Crippen LogP contribution in [0.2, 0.25) is 0 Å². The maximum Gasteiger partial charge on any atom is 0.146 e. The number of halogens is 1. The van der Waals surface area contributed by atoms with Crippen LogP contribution in [0.25, 0.3) is 0 Å². The Hall–Kier alpha value is -1.09. The normalized spacial score (nSPS) is 16.7. The molecule has 0 unspecified atom stereocenters. The minimum atomic E-state index is -0.132. The van der Waals surface area contributed by atoms with Crippen LogP contribution in [0.4, 0.5) is 10.1 Å². The summed E-state index contributed by atoms with van der Waals surface area (Å²) < 4.78 is 14.2. The van der Waals surface area contributed by atoms with Gasteiger partial charge in [-0.05, 0) is 37.8 Å². The summed E-state index contributed by atoms with van der Waals surface area (Å²) in [4.78, 5) is 2.23. The summed E-state index contributed by atoms with van der Waals surface area (Å²) in [5.74, 6) is -0.132. The molecule has 3 heteroatoms. The third-order valence-corrected chi connectivity index (χ3v) is 3.54. The van der Waals surface area contributed by atoms with Gasteiger partial charge in [-0.15, -0.1) is 0 Å². The molecule has 0 heterocycles. The first-order chi connectivity index (χ1) is 8.65. The van der Waals surface area contributed by atoms with E-state index in [-0.39, 0.29) is 11.9 Å². The first-order valence-electron chi connectivity index (χ1n) is 6.95. The van der Waals surface area contributed by atoms with E-state index < -0.39 is 0 Å². The van der Waals surface area contributed by atoms with Crippen LogP contribution in [0, 0.1) is 5.82 Å². The van der Waals surface area contributed by atoms with Gasteiger partial charge in [0.05, 0.1) is 5.69 Å². The van der Waals surface area contributed by atoms with Crippen molar-refractivity contribution in [2.75, 3.05) is 11.4 Å². The van der Waals surface area contributed by atoms with Crippen LogP contribution in [0.15, 0.2) is 18.2 Å². The summed E-state index contributed by atoms with van der Waals surface area (Å²) in [7, 11) is 0. The molecule has 2 nitrogen and oxygen atoms in total. The first-order valence-corrected chi connectivity index (χ1v) is 6.95. The molecule has 0 saturated heterocycles. The standard InChI is InChI=1S/C15H23FN2/c1-3-4-10-18(12-8-9-12)15-13(11(2)17)6-5-7-14(15)16/h5-7,11-12H,3-4,8-10,17H2,1-2H3/t11-/m1/s1. The maximum absolute atomic E-state index is 14.2. The first kappa shape index (κ1) is 13.3. The van der Waals surface area contributed by atoms with Crippen LogP contribution in [-0.4, -0.2) is 12.6 Å². The molecule has 1 fully saturated rings. The fourth-order valence-corrected chi connectivity index (χ4v) is 2.39. The molecule has 2 N–H and O–H groups in total. The lowest BCUT2D eigenvalue weighted by Crippen LogP contribution is -2.29. The van der Waals surface area contributed by atoms with E-state index >= 15 is 0 Å². The molecule has 0 amide bonds. The predicted octanol–water partition coefficient (Wildman–Crippen LogP) is 3.61. The van der Waals surface area contributed by atoms with E-state index in [9.17, 15) is 4.39 Å². The minimum Gasteiger partial charge on any atom is -0.366 e. The van der Waals surface area contributed by atoms with Crippen LogP contribution in [0.5, 0.6) is 0 Å². The molecule has 18 heavy (non-hydrogen) atoms. The van der Waals surface area contributed by atoms with Crippen molar-refractivity contribution in [1.29, 1.82) is 0 Å². The molecule has 1 aliphatic carbocycles. The summed E-state index contributed by atoms with van der Waals surface area (Å²) in [6.45, 7) is 5.02. The smallest absolute Gasteiger partial charge is 0.146 e. The minimum absolute atomic E-state index is 0.126. The second-order valence-corrected chi connectivity index (χ2v) is 5.24. The number of nitrogens with two attached hydrogens (primary N) is 1. The summed E-state index contributed by atoms with van der Waals surface area (Å²) in [6.07, 6.45) is 4.58. The Bertz CT molecular complexity index is 399. The lowest BCUT2D eigenvalue weighted by atomic mass is 10.0. The molecule has 0 spiro atoms. The average molecular weight is 250 g/mol. The van der Waals surface area contributed by atoms with Gasteiger partial charge in [-0.1, -0.05) is 25.5 Å². The third-order valence-electron chi connectivity index (χ3n) is 3.54. The Morgan fingerprint density at radius 2 is 2.17 bits per heavy atom. The maximum atomic E-state index is 14.2. The van der Waals surface area contributed by atoms with Gasteiger partial charge in [0.1, 0.15) is 5.82 Å². The SMILES string of the molecule is CCCCN(c1c(F)cccc1[C@@H](C)N)C1CC1. The zero-order valence-electron chi connectivity index (χ0n) is 11.3. The van der Waals surface area contributed by atoms with Gasteiger partial charge < -0.3 is 10.6 Å². The zero-order valence-corrected chi connectivity index (χ0v) is 11.3. The topological polar surface area (TPSA) is 29.3 Å². The Morgan fingerprint density at radius 1 is 1.44 bits per heavy atom. The quantitative estimate of drug-likeness (QED) is 0.835.